The molecule has 0 aliphatic carbocycles. The third kappa shape index (κ3) is 3.63. The molecule has 0 saturated heterocycles. The first kappa shape index (κ1) is 22.2. The highest BCUT2D eigenvalue weighted by atomic mass is 32.1. The van der Waals surface area contributed by atoms with Crippen LogP contribution in [0.2, 0.25) is 0 Å². The summed E-state index contributed by atoms with van der Waals surface area (Å²) in [4.78, 5) is 6.07. The second-order valence-electron chi connectivity index (χ2n) is 9.90. The van der Waals surface area contributed by atoms with E-state index in [2.05, 4.69) is 149 Å². The van der Waals surface area contributed by atoms with Gasteiger partial charge in [0.2, 0.25) is 0 Å². The summed E-state index contributed by atoms with van der Waals surface area (Å²) in [5.74, 6) is 0. The third-order valence-electron chi connectivity index (χ3n) is 7.59. The molecular weight excluding hydrogens is 492 g/mol. The van der Waals surface area contributed by atoms with E-state index in [1.807, 2.05) is 11.3 Å². The van der Waals surface area contributed by atoms with Crippen molar-refractivity contribution in [2.75, 3.05) is 4.90 Å². The Morgan fingerprint density at radius 1 is 0.462 bits per heavy atom. The Bertz CT molecular complexity index is 2080. The van der Waals surface area contributed by atoms with Crippen LogP contribution in [0.4, 0.5) is 17.1 Å². The molecule has 2 heterocycles. The monoisotopic (exact) mass is 516 g/mol. The van der Waals surface area contributed by atoms with Crippen LogP contribution in [0.5, 0.6) is 0 Å². The molecular formula is C36H24N2S. The van der Waals surface area contributed by atoms with Crippen LogP contribution in [0.3, 0.4) is 0 Å². The second-order valence-corrected chi connectivity index (χ2v) is 11.0. The predicted octanol–water partition coefficient (Wildman–Crippen LogP) is 10.8. The number of nitrogens with one attached hydrogen (secondary N) is 1. The molecule has 2 aromatic heterocycles. The van der Waals surface area contributed by atoms with E-state index < -0.39 is 0 Å². The summed E-state index contributed by atoms with van der Waals surface area (Å²) in [7, 11) is 0. The summed E-state index contributed by atoms with van der Waals surface area (Å²) in [6.07, 6.45) is 0. The van der Waals surface area contributed by atoms with Gasteiger partial charge in [0.05, 0.1) is 5.52 Å². The van der Waals surface area contributed by atoms with Crippen LogP contribution in [-0.2, 0) is 0 Å². The summed E-state index contributed by atoms with van der Waals surface area (Å²) < 4.78 is 2.66. The minimum Gasteiger partial charge on any atom is -0.354 e. The van der Waals surface area contributed by atoms with E-state index in [1.54, 1.807) is 0 Å². The Morgan fingerprint density at radius 2 is 1.15 bits per heavy atom. The Hall–Kier alpha value is -4.86. The number of nitrogens with zero attached hydrogens (tertiary/aromatic N) is 1. The number of H-pyrrole nitrogens is 1. The van der Waals surface area contributed by atoms with Gasteiger partial charge in [0.25, 0.3) is 0 Å². The van der Waals surface area contributed by atoms with Gasteiger partial charge in [0.15, 0.2) is 0 Å². The lowest BCUT2D eigenvalue weighted by molar-refractivity contribution is 1.29. The van der Waals surface area contributed by atoms with Gasteiger partial charge >= 0.3 is 0 Å². The molecule has 0 amide bonds. The lowest BCUT2D eigenvalue weighted by atomic mass is 10.0. The average molecular weight is 517 g/mol. The zero-order chi connectivity index (χ0) is 25.8. The van der Waals surface area contributed by atoms with Crippen molar-refractivity contribution in [3.05, 3.63) is 140 Å². The molecule has 0 radical (unpaired) electrons. The van der Waals surface area contributed by atoms with E-state index >= 15 is 0 Å². The molecule has 0 fully saturated rings. The SMILES string of the molecule is c1ccc(N(c2ccccc2)c2ccc3[nH]c4c(-c5ccc6c(c5)sc5ccccc56)cccc4c3c2)cc1. The fourth-order valence-electron chi connectivity index (χ4n) is 5.78. The van der Waals surface area contributed by atoms with E-state index in [0.717, 1.165) is 22.6 Å². The van der Waals surface area contributed by atoms with Gasteiger partial charge in [-0.1, -0.05) is 84.9 Å². The highest BCUT2D eigenvalue weighted by molar-refractivity contribution is 7.25. The molecule has 0 atom stereocenters. The fourth-order valence-corrected chi connectivity index (χ4v) is 6.93. The molecule has 0 aliphatic rings. The standard InChI is InChI=1S/C36H24N2S/c1-3-10-25(11-4-1)38(26-12-5-2-6-13-26)27-19-21-33-32(23-27)31-16-9-15-28(36(31)37-33)24-18-20-30-29-14-7-8-17-34(29)39-35(30)22-24/h1-23,37H. The van der Waals surface area contributed by atoms with Crippen molar-refractivity contribution in [1.82, 2.24) is 4.98 Å². The van der Waals surface area contributed by atoms with E-state index in [1.165, 1.54) is 47.6 Å². The summed E-state index contributed by atoms with van der Waals surface area (Å²) in [6.45, 7) is 0. The fraction of sp³-hybridized carbons (Fsp3) is 0. The zero-order valence-corrected chi connectivity index (χ0v) is 22.0. The summed E-state index contributed by atoms with van der Waals surface area (Å²) in [5, 5.41) is 5.13. The number of fused-ring (bicyclic) bond motifs is 6. The maximum absolute atomic E-state index is 3.75. The minimum atomic E-state index is 1.14. The van der Waals surface area contributed by atoms with Gasteiger partial charge in [0.1, 0.15) is 0 Å². The van der Waals surface area contributed by atoms with Crippen molar-refractivity contribution >= 4 is 70.4 Å². The minimum absolute atomic E-state index is 1.14. The Kier molecular flexibility index (Phi) is 5.04. The molecule has 0 unspecified atom stereocenters. The predicted molar refractivity (Wildman–Crippen MR) is 169 cm³/mol. The number of hydrogen-bond donors (Lipinski definition) is 1. The lowest BCUT2D eigenvalue weighted by Crippen LogP contribution is -2.09. The van der Waals surface area contributed by atoms with Crippen LogP contribution in [-0.4, -0.2) is 4.98 Å². The van der Waals surface area contributed by atoms with Gasteiger partial charge < -0.3 is 9.88 Å². The van der Waals surface area contributed by atoms with Crippen LogP contribution in [0.15, 0.2) is 140 Å². The highest BCUT2D eigenvalue weighted by Crippen LogP contribution is 2.41. The normalized spacial score (nSPS) is 11.6. The van der Waals surface area contributed by atoms with Gasteiger partial charge in [-0.15, -0.1) is 11.3 Å². The van der Waals surface area contributed by atoms with Crippen molar-refractivity contribution in [1.29, 1.82) is 0 Å². The van der Waals surface area contributed by atoms with Crippen molar-refractivity contribution < 1.29 is 0 Å². The van der Waals surface area contributed by atoms with Crippen LogP contribution in [0, 0.1) is 0 Å². The molecule has 0 saturated carbocycles. The van der Waals surface area contributed by atoms with Crippen LogP contribution in [0.1, 0.15) is 0 Å². The number of aromatic nitrogens is 1. The molecule has 3 heteroatoms. The summed E-state index contributed by atoms with van der Waals surface area (Å²) in [6, 6.07) is 50.1. The maximum atomic E-state index is 3.75. The van der Waals surface area contributed by atoms with E-state index in [0.29, 0.717) is 0 Å². The van der Waals surface area contributed by atoms with Crippen LogP contribution >= 0.6 is 11.3 Å². The molecule has 2 nitrogen and oxygen atoms in total. The number of benzene rings is 6. The maximum Gasteiger partial charge on any atom is 0.0544 e. The molecule has 39 heavy (non-hydrogen) atoms. The Morgan fingerprint density at radius 3 is 1.95 bits per heavy atom. The largest absolute Gasteiger partial charge is 0.354 e. The molecule has 0 bridgehead atoms. The van der Waals surface area contributed by atoms with E-state index in [4.69, 9.17) is 0 Å². The summed E-state index contributed by atoms with van der Waals surface area (Å²) in [5.41, 5.74) is 8.20. The van der Waals surface area contributed by atoms with Gasteiger partial charge in [-0.05, 0) is 60.2 Å². The van der Waals surface area contributed by atoms with E-state index in [9.17, 15) is 0 Å². The number of thiophene rings is 1. The average Bonchev–Trinajstić information content (AvgIpc) is 3.56. The zero-order valence-electron chi connectivity index (χ0n) is 21.1. The van der Waals surface area contributed by atoms with Gasteiger partial charge in [-0.25, -0.2) is 0 Å². The number of para-hydroxylation sites is 3. The van der Waals surface area contributed by atoms with Crippen LogP contribution < -0.4 is 4.90 Å². The summed E-state index contributed by atoms with van der Waals surface area (Å²) >= 11 is 1.87. The van der Waals surface area contributed by atoms with Crippen LogP contribution in [0.25, 0.3) is 53.1 Å². The number of rotatable bonds is 4. The first-order valence-electron chi connectivity index (χ1n) is 13.2. The topological polar surface area (TPSA) is 19.0 Å². The molecule has 6 aromatic carbocycles. The third-order valence-corrected chi connectivity index (χ3v) is 8.73. The second kappa shape index (κ2) is 8.87. The van der Waals surface area contributed by atoms with Gasteiger partial charge in [-0.3, -0.25) is 0 Å². The molecule has 0 spiro atoms. The Labute approximate surface area is 230 Å². The number of aromatic amines is 1. The van der Waals surface area contributed by atoms with Gasteiger partial charge in [0, 0.05) is 59.1 Å². The molecule has 8 rings (SSSR count). The molecule has 1 N–H and O–H groups in total. The van der Waals surface area contributed by atoms with E-state index in [-0.39, 0.29) is 0 Å². The number of anilines is 3. The molecule has 0 aliphatic heterocycles. The van der Waals surface area contributed by atoms with Crippen molar-refractivity contribution in [3.63, 3.8) is 0 Å². The van der Waals surface area contributed by atoms with Crippen molar-refractivity contribution in [2.45, 2.75) is 0 Å². The highest BCUT2D eigenvalue weighted by Gasteiger charge is 2.16. The first-order chi connectivity index (χ1) is 19.3. The number of hydrogen-bond acceptors (Lipinski definition) is 2. The lowest BCUT2D eigenvalue weighted by Gasteiger charge is -2.25. The quantitative estimate of drug-likeness (QED) is 0.246. The first-order valence-corrected chi connectivity index (χ1v) is 14.0. The Balaban J connectivity index is 1.30. The smallest absolute Gasteiger partial charge is 0.0544 e. The molecule has 8 aromatic rings. The van der Waals surface area contributed by atoms with Crippen molar-refractivity contribution in [3.8, 4) is 11.1 Å². The molecule has 184 valence electrons. The van der Waals surface area contributed by atoms with Crippen molar-refractivity contribution in [2.24, 2.45) is 0 Å². The van der Waals surface area contributed by atoms with Gasteiger partial charge in [-0.2, -0.15) is 0 Å².